The molecule has 0 aromatic heterocycles. The van der Waals surface area contributed by atoms with Crippen LogP contribution in [0.1, 0.15) is 11.1 Å². The summed E-state index contributed by atoms with van der Waals surface area (Å²) in [5.41, 5.74) is 1.42. The maximum atomic E-state index is 12.6. The van der Waals surface area contributed by atoms with Crippen molar-refractivity contribution in [2.24, 2.45) is 0 Å². The molecule has 116 valence electrons. The minimum atomic E-state index is -4.46. The second-order valence-electron chi connectivity index (χ2n) is 4.89. The van der Waals surface area contributed by atoms with Crippen LogP contribution in [0.25, 0.3) is 0 Å². The zero-order valence-electron chi connectivity index (χ0n) is 11.3. The van der Waals surface area contributed by atoms with Crippen LogP contribution in [0, 0.1) is 0 Å². The van der Waals surface area contributed by atoms with Crippen LogP contribution in [0.5, 0.6) is 0 Å². The van der Waals surface area contributed by atoms with Crippen molar-refractivity contribution in [2.75, 3.05) is 19.7 Å². The van der Waals surface area contributed by atoms with E-state index < -0.39 is 18.8 Å². The summed E-state index contributed by atoms with van der Waals surface area (Å²) < 4.78 is 42.5. The third-order valence-electron chi connectivity index (χ3n) is 3.35. The Labute approximate surface area is 120 Å². The van der Waals surface area contributed by atoms with E-state index in [4.69, 9.17) is 5.11 Å². The van der Waals surface area contributed by atoms with Gasteiger partial charge < -0.3 is 14.7 Å². The van der Waals surface area contributed by atoms with Crippen LogP contribution in [-0.2, 0) is 22.6 Å². The Morgan fingerprint density at radius 2 is 1.90 bits per heavy atom. The molecule has 1 unspecified atom stereocenters. The molecule has 2 rings (SSSR count). The normalized spacial score (nSPS) is 19.6. The van der Waals surface area contributed by atoms with Crippen LogP contribution in [-0.4, -0.2) is 47.9 Å². The highest BCUT2D eigenvalue weighted by Gasteiger charge is 2.44. The molecule has 1 aromatic carbocycles. The van der Waals surface area contributed by atoms with Gasteiger partial charge in [0.1, 0.15) is 0 Å². The molecule has 0 spiro atoms. The Morgan fingerprint density at radius 3 is 2.48 bits per heavy atom. The molecule has 1 fully saturated rings. The number of carbonyl (C=O) groups excluding carboxylic acids is 1. The van der Waals surface area contributed by atoms with Gasteiger partial charge in [0.15, 0.2) is 6.10 Å². The van der Waals surface area contributed by atoms with E-state index in [9.17, 15) is 18.0 Å². The Morgan fingerprint density at radius 1 is 1.29 bits per heavy atom. The number of ether oxygens (including phenoxy) is 1. The molecule has 1 atom stereocenters. The lowest BCUT2D eigenvalue weighted by atomic mass is 10.1. The molecule has 1 aliphatic rings. The molecule has 21 heavy (non-hydrogen) atoms. The largest absolute Gasteiger partial charge is 0.416 e. The standard InChI is InChI=1S/C14H16F3NO3/c15-14(16,17)12-8-18(5-6-21-12)13(20)7-10-1-3-11(9-19)4-2-10/h1-4,12,19H,5-9H2. The molecule has 1 amide bonds. The van der Waals surface area contributed by atoms with E-state index in [0.717, 1.165) is 5.56 Å². The Balaban J connectivity index is 1.96. The molecular weight excluding hydrogens is 287 g/mol. The molecule has 1 aromatic rings. The highest BCUT2D eigenvalue weighted by atomic mass is 19.4. The van der Waals surface area contributed by atoms with Crippen LogP contribution < -0.4 is 0 Å². The molecule has 0 radical (unpaired) electrons. The maximum absolute atomic E-state index is 12.6. The first-order chi connectivity index (χ1) is 9.90. The van der Waals surface area contributed by atoms with Crippen LogP contribution in [0.15, 0.2) is 24.3 Å². The van der Waals surface area contributed by atoms with Crippen molar-refractivity contribution in [1.29, 1.82) is 0 Å². The summed E-state index contributed by atoms with van der Waals surface area (Å²) in [6.07, 6.45) is -6.33. The zero-order chi connectivity index (χ0) is 15.5. The van der Waals surface area contributed by atoms with Gasteiger partial charge >= 0.3 is 6.18 Å². The van der Waals surface area contributed by atoms with Gasteiger partial charge in [-0.05, 0) is 11.1 Å². The summed E-state index contributed by atoms with van der Waals surface area (Å²) in [6.45, 7) is -0.498. The third-order valence-corrected chi connectivity index (χ3v) is 3.35. The number of aliphatic hydroxyl groups excluding tert-OH is 1. The number of halogens is 3. The first-order valence-corrected chi connectivity index (χ1v) is 6.55. The lowest BCUT2D eigenvalue weighted by Crippen LogP contribution is -2.51. The molecule has 0 bridgehead atoms. The van der Waals surface area contributed by atoms with Crippen molar-refractivity contribution < 1.29 is 27.8 Å². The van der Waals surface area contributed by atoms with Crippen molar-refractivity contribution in [2.45, 2.75) is 25.3 Å². The summed E-state index contributed by atoms with van der Waals surface area (Å²) in [5, 5.41) is 8.92. The van der Waals surface area contributed by atoms with Gasteiger partial charge in [0, 0.05) is 6.54 Å². The van der Waals surface area contributed by atoms with E-state index in [1.807, 2.05) is 0 Å². The SMILES string of the molecule is O=C(Cc1ccc(CO)cc1)N1CCOC(C(F)(F)F)C1. The topological polar surface area (TPSA) is 49.8 Å². The first kappa shape index (κ1) is 15.8. The molecule has 1 saturated heterocycles. The van der Waals surface area contributed by atoms with Gasteiger partial charge in [0.25, 0.3) is 0 Å². The molecule has 1 heterocycles. The third kappa shape index (κ3) is 4.18. The fourth-order valence-electron chi connectivity index (χ4n) is 2.12. The number of carbonyl (C=O) groups is 1. The Kier molecular flexibility index (Phi) is 4.84. The van der Waals surface area contributed by atoms with E-state index >= 15 is 0 Å². The van der Waals surface area contributed by atoms with Gasteiger partial charge in [-0.1, -0.05) is 24.3 Å². The van der Waals surface area contributed by atoms with Crippen LogP contribution in [0.3, 0.4) is 0 Å². The number of alkyl halides is 3. The van der Waals surface area contributed by atoms with Crippen molar-refractivity contribution in [3.8, 4) is 0 Å². The number of aliphatic hydroxyl groups is 1. The molecule has 0 saturated carbocycles. The van der Waals surface area contributed by atoms with Gasteiger partial charge in [-0.3, -0.25) is 4.79 Å². The quantitative estimate of drug-likeness (QED) is 0.921. The molecule has 1 N–H and O–H groups in total. The summed E-state index contributed by atoms with van der Waals surface area (Å²) in [4.78, 5) is 13.2. The Hall–Kier alpha value is -1.60. The molecule has 7 heteroatoms. The first-order valence-electron chi connectivity index (χ1n) is 6.55. The number of hydrogen-bond acceptors (Lipinski definition) is 3. The summed E-state index contributed by atoms with van der Waals surface area (Å²) >= 11 is 0. The van der Waals surface area contributed by atoms with Crippen molar-refractivity contribution in [1.82, 2.24) is 4.90 Å². The van der Waals surface area contributed by atoms with Crippen LogP contribution >= 0.6 is 0 Å². The highest BCUT2D eigenvalue weighted by molar-refractivity contribution is 5.78. The van der Waals surface area contributed by atoms with E-state index in [1.165, 1.54) is 4.90 Å². The minimum absolute atomic E-state index is 0.0380. The number of hydrogen-bond donors (Lipinski definition) is 1. The van der Waals surface area contributed by atoms with E-state index in [2.05, 4.69) is 4.74 Å². The Bertz CT molecular complexity index is 487. The number of amides is 1. The van der Waals surface area contributed by atoms with Gasteiger partial charge in [0.05, 0.1) is 26.2 Å². The van der Waals surface area contributed by atoms with Crippen molar-refractivity contribution in [3.63, 3.8) is 0 Å². The van der Waals surface area contributed by atoms with Crippen molar-refractivity contribution in [3.05, 3.63) is 35.4 Å². The van der Waals surface area contributed by atoms with E-state index in [0.29, 0.717) is 5.56 Å². The summed E-state index contributed by atoms with van der Waals surface area (Å²) in [6, 6.07) is 6.73. The number of rotatable bonds is 3. The van der Waals surface area contributed by atoms with Gasteiger partial charge in [-0.2, -0.15) is 13.2 Å². The van der Waals surface area contributed by atoms with E-state index in [1.54, 1.807) is 24.3 Å². The molecule has 1 aliphatic heterocycles. The predicted molar refractivity (Wildman–Crippen MR) is 68.4 cm³/mol. The maximum Gasteiger partial charge on any atom is 0.416 e. The fourth-order valence-corrected chi connectivity index (χ4v) is 2.12. The second-order valence-corrected chi connectivity index (χ2v) is 4.89. The molecular formula is C14H16F3NO3. The summed E-state index contributed by atoms with van der Waals surface area (Å²) in [7, 11) is 0. The summed E-state index contributed by atoms with van der Waals surface area (Å²) in [5.74, 6) is -0.357. The van der Waals surface area contributed by atoms with Gasteiger partial charge in [-0.25, -0.2) is 0 Å². The lowest BCUT2D eigenvalue weighted by Gasteiger charge is -2.33. The molecule has 0 aliphatic carbocycles. The monoisotopic (exact) mass is 303 g/mol. The van der Waals surface area contributed by atoms with Gasteiger partial charge in [0.2, 0.25) is 5.91 Å². The van der Waals surface area contributed by atoms with E-state index in [-0.39, 0.29) is 32.1 Å². The van der Waals surface area contributed by atoms with Crippen LogP contribution in [0.2, 0.25) is 0 Å². The average Bonchev–Trinajstić information content (AvgIpc) is 2.47. The minimum Gasteiger partial charge on any atom is -0.392 e. The van der Waals surface area contributed by atoms with Gasteiger partial charge in [-0.15, -0.1) is 0 Å². The predicted octanol–water partition coefficient (Wildman–Crippen LogP) is 1.51. The molecule has 4 nitrogen and oxygen atoms in total. The average molecular weight is 303 g/mol. The van der Waals surface area contributed by atoms with Crippen LogP contribution in [0.4, 0.5) is 13.2 Å². The smallest absolute Gasteiger partial charge is 0.392 e. The number of benzene rings is 1. The fraction of sp³-hybridized carbons (Fsp3) is 0.500. The zero-order valence-corrected chi connectivity index (χ0v) is 11.3. The number of morpholine rings is 1. The lowest BCUT2D eigenvalue weighted by molar-refractivity contribution is -0.236. The van der Waals surface area contributed by atoms with Crippen molar-refractivity contribution >= 4 is 5.91 Å². The second kappa shape index (κ2) is 6.44. The number of nitrogens with zero attached hydrogens (tertiary/aromatic N) is 1. The highest BCUT2D eigenvalue weighted by Crippen LogP contribution is 2.25.